The molecule has 98 valence electrons. The average Bonchev–Trinajstić information content (AvgIpc) is 2.43. The van der Waals surface area contributed by atoms with Gasteiger partial charge >= 0.3 is 0 Å². The van der Waals surface area contributed by atoms with E-state index in [1.807, 2.05) is 13.0 Å². The Morgan fingerprint density at radius 3 is 2.84 bits per heavy atom. The van der Waals surface area contributed by atoms with Crippen LogP contribution in [0.5, 0.6) is 0 Å². The minimum atomic E-state index is -0.199. The Hall–Kier alpha value is -1.58. The molecule has 0 bridgehead atoms. The first-order valence-corrected chi connectivity index (χ1v) is 6.60. The normalized spacial score (nSPS) is 10.3. The highest BCUT2D eigenvalue weighted by atomic mass is 35.5. The maximum atomic E-state index is 12.1. The van der Waals surface area contributed by atoms with E-state index in [4.69, 9.17) is 23.2 Å². The van der Waals surface area contributed by atoms with Crippen LogP contribution in [0.3, 0.4) is 0 Å². The molecule has 1 heterocycles. The summed E-state index contributed by atoms with van der Waals surface area (Å²) in [5, 5.41) is 3.21. The van der Waals surface area contributed by atoms with Gasteiger partial charge in [0, 0.05) is 11.4 Å². The topological polar surface area (TPSA) is 42.0 Å². The van der Waals surface area contributed by atoms with Gasteiger partial charge in [0.15, 0.2) is 0 Å². The highest BCUT2D eigenvalue weighted by molar-refractivity contribution is 6.30. The number of benzene rings is 1. The van der Waals surface area contributed by atoms with Crippen molar-refractivity contribution in [2.45, 2.75) is 12.8 Å². The van der Waals surface area contributed by atoms with E-state index in [0.29, 0.717) is 22.3 Å². The molecule has 1 aromatic heterocycles. The van der Waals surface area contributed by atoms with E-state index in [9.17, 15) is 4.79 Å². The van der Waals surface area contributed by atoms with E-state index in [1.165, 1.54) is 6.20 Å². The van der Waals surface area contributed by atoms with Gasteiger partial charge in [0.05, 0.1) is 11.9 Å². The Kier molecular flexibility index (Phi) is 4.40. The number of alkyl halides is 1. The molecule has 0 saturated heterocycles. The van der Waals surface area contributed by atoms with Crippen LogP contribution in [0.4, 0.5) is 5.69 Å². The summed E-state index contributed by atoms with van der Waals surface area (Å²) in [6, 6.07) is 8.95. The van der Waals surface area contributed by atoms with Crippen molar-refractivity contribution in [3.63, 3.8) is 0 Å². The van der Waals surface area contributed by atoms with Gasteiger partial charge in [-0.3, -0.25) is 4.79 Å². The molecule has 0 radical (unpaired) electrons. The number of rotatable bonds is 3. The van der Waals surface area contributed by atoms with E-state index in [-0.39, 0.29) is 5.91 Å². The van der Waals surface area contributed by atoms with Crippen molar-refractivity contribution in [1.82, 2.24) is 4.98 Å². The Morgan fingerprint density at radius 2 is 2.16 bits per heavy atom. The quantitative estimate of drug-likeness (QED) is 0.686. The first-order chi connectivity index (χ1) is 9.10. The van der Waals surface area contributed by atoms with Crippen molar-refractivity contribution in [2.24, 2.45) is 0 Å². The van der Waals surface area contributed by atoms with Crippen molar-refractivity contribution in [3.05, 3.63) is 58.4 Å². The van der Waals surface area contributed by atoms with Crippen molar-refractivity contribution in [1.29, 1.82) is 0 Å². The number of hydrogen-bond acceptors (Lipinski definition) is 2. The van der Waals surface area contributed by atoms with E-state index in [0.717, 1.165) is 11.1 Å². The van der Waals surface area contributed by atoms with Crippen molar-refractivity contribution < 1.29 is 4.79 Å². The summed E-state index contributed by atoms with van der Waals surface area (Å²) >= 11 is 11.6. The Morgan fingerprint density at radius 1 is 1.37 bits per heavy atom. The van der Waals surface area contributed by atoms with Gasteiger partial charge < -0.3 is 5.32 Å². The Bertz CT molecular complexity index is 614. The number of aromatic nitrogens is 1. The number of nitrogens with zero attached hydrogens (tertiary/aromatic N) is 1. The molecule has 0 fully saturated rings. The van der Waals surface area contributed by atoms with Crippen LogP contribution in [-0.4, -0.2) is 10.9 Å². The number of nitrogens with one attached hydrogen (secondary N) is 1. The zero-order chi connectivity index (χ0) is 13.8. The number of anilines is 1. The molecule has 0 saturated carbocycles. The van der Waals surface area contributed by atoms with E-state index in [1.54, 1.807) is 24.3 Å². The third-order valence-electron chi connectivity index (χ3n) is 2.62. The number of hydrogen-bond donors (Lipinski definition) is 1. The second-order valence-electron chi connectivity index (χ2n) is 4.12. The van der Waals surface area contributed by atoms with Crippen molar-refractivity contribution in [2.75, 3.05) is 5.32 Å². The molecular weight excluding hydrogens is 283 g/mol. The predicted octanol–water partition coefficient (Wildman–Crippen LogP) is 4.03. The molecule has 0 aliphatic carbocycles. The summed E-state index contributed by atoms with van der Waals surface area (Å²) < 4.78 is 0. The van der Waals surface area contributed by atoms with Gasteiger partial charge in [0.2, 0.25) is 0 Å². The molecule has 2 aromatic rings. The van der Waals surface area contributed by atoms with Gasteiger partial charge in [0.1, 0.15) is 5.15 Å². The molecule has 19 heavy (non-hydrogen) atoms. The lowest BCUT2D eigenvalue weighted by Crippen LogP contribution is -2.12. The summed E-state index contributed by atoms with van der Waals surface area (Å²) in [6.07, 6.45) is 1.53. The average molecular weight is 295 g/mol. The summed E-state index contributed by atoms with van der Waals surface area (Å²) in [7, 11) is 0. The van der Waals surface area contributed by atoms with Crippen molar-refractivity contribution >= 4 is 34.8 Å². The van der Waals surface area contributed by atoms with Crippen LogP contribution in [0.25, 0.3) is 0 Å². The molecule has 0 aliphatic rings. The van der Waals surface area contributed by atoms with E-state index in [2.05, 4.69) is 10.3 Å². The summed E-state index contributed by atoms with van der Waals surface area (Å²) in [5.41, 5.74) is 2.89. The first kappa shape index (κ1) is 13.8. The second-order valence-corrected chi connectivity index (χ2v) is 4.75. The number of halogens is 2. The lowest BCUT2D eigenvalue weighted by molar-refractivity contribution is 0.102. The number of carbonyl (C=O) groups excluding carboxylic acids is 1. The minimum absolute atomic E-state index is 0.199. The van der Waals surface area contributed by atoms with E-state index >= 15 is 0 Å². The molecule has 1 N–H and O–H groups in total. The van der Waals surface area contributed by atoms with Gasteiger partial charge in [-0.25, -0.2) is 4.98 Å². The predicted molar refractivity (Wildman–Crippen MR) is 77.9 cm³/mol. The van der Waals surface area contributed by atoms with Crippen LogP contribution in [-0.2, 0) is 5.88 Å². The lowest BCUT2D eigenvalue weighted by Gasteiger charge is -2.07. The molecule has 0 atom stereocenters. The Balaban J connectivity index is 2.18. The Labute approximate surface area is 121 Å². The SMILES string of the molecule is Cc1cc(NC(=O)c2cccc(CCl)c2)cnc1Cl. The maximum Gasteiger partial charge on any atom is 0.255 e. The van der Waals surface area contributed by atoms with Gasteiger partial charge in [-0.05, 0) is 36.2 Å². The standard InChI is InChI=1S/C14H12Cl2N2O/c1-9-5-12(8-17-13(9)16)18-14(19)11-4-2-3-10(6-11)7-15/h2-6,8H,7H2,1H3,(H,18,19). The molecule has 0 aliphatic heterocycles. The van der Waals surface area contributed by atoms with Crippen LogP contribution in [0.15, 0.2) is 36.5 Å². The third kappa shape index (κ3) is 3.46. The lowest BCUT2D eigenvalue weighted by atomic mass is 10.1. The number of pyridine rings is 1. The second kappa shape index (κ2) is 6.04. The van der Waals surface area contributed by atoms with Crippen LogP contribution >= 0.6 is 23.2 Å². The zero-order valence-corrected chi connectivity index (χ0v) is 11.8. The number of amides is 1. The maximum absolute atomic E-state index is 12.1. The largest absolute Gasteiger partial charge is 0.321 e. The molecular formula is C14H12Cl2N2O. The van der Waals surface area contributed by atoms with Crippen LogP contribution in [0.1, 0.15) is 21.5 Å². The third-order valence-corrected chi connectivity index (χ3v) is 3.32. The molecule has 3 nitrogen and oxygen atoms in total. The molecule has 5 heteroatoms. The molecule has 0 spiro atoms. The van der Waals surface area contributed by atoms with Crippen LogP contribution in [0.2, 0.25) is 5.15 Å². The molecule has 1 aromatic carbocycles. The van der Waals surface area contributed by atoms with E-state index < -0.39 is 0 Å². The highest BCUT2D eigenvalue weighted by Crippen LogP contribution is 2.17. The summed E-state index contributed by atoms with van der Waals surface area (Å²) in [6.45, 7) is 1.83. The fourth-order valence-electron chi connectivity index (χ4n) is 1.63. The fourth-order valence-corrected chi connectivity index (χ4v) is 1.90. The monoisotopic (exact) mass is 294 g/mol. The van der Waals surface area contributed by atoms with Gasteiger partial charge in [0.25, 0.3) is 5.91 Å². The zero-order valence-electron chi connectivity index (χ0n) is 10.3. The fraction of sp³-hybridized carbons (Fsp3) is 0.143. The van der Waals surface area contributed by atoms with Crippen LogP contribution < -0.4 is 5.32 Å². The van der Waals surface area contributed by atoms with Crippen molar-refractivity contribution in [3.8, 4) is 0 Å². The first-order valence-electron chi connectivity index (χ1n) is 5.68. The molecule has 1 amide bonds. The minimum Gasteiger partial charge on any atom is -0.321 e. The number of carbonyl (C=O) groups is 1. The van der Waals surface area contributed by atoms with Gasteiger partial charge in [-0.2, -0.15) is 0 Å². The van der Waals surface area contributed by atoms with Gasteiger partial charge in [-0.1, -0.05) is 23.7 Å². The summed E-state index contributed by atoms with van der Waals surface area (Å²) in [5.74, 6) is 0.179. The number of aryl methyl sites for hydroxylation is 1. The van der Waals surface area contributed by atoms with Crippen LogP contribution in [0, 0.1) is 6.92 Å². The molecule has 2 rings (SSSR count). The molecule has 0 unspecified atom stereocenters. The smallest absolute Gasteiger partial charge is 0.255 e. The van der Waals surface area contributed by atoms with Gasteiger partial charge in [-0.15, -0.1) is 11.6 Å². The highest BCUT2D eigenvalue weighted by Gasteiger charge is 2.07. The summed E-state index contributed by atoms with van der Waals surface area (Å²) in [4.78, 5) is 16.1.